The van der Waals surface area contributed by atoms with Crippen molar-refractivity contribution in [1.29, 1.82) is 0 Å². The van der Waals surface area contributed by atoms with Gasteiger partial charge in [-0.1, -0.05) is 17.7 Å². The Hall–Kier alpha value is -0.960. The van der Waals surface area contributed by atoms with Crippen LogP contribution >= 0.6 is 11.8 Å². The Labute approximate surface area is 108 Å². The molecule has 3 heteroatoms. The Morgan fingerprint density at radius 3 is 2.53 bits per heavy atom. The summed E-state index contributed by atoms with van der Waals surface area (Å²) in [6, 6.07) is 6.37. The minimum absolute atomic E-state index is 0.158. The van der Waals surface area contributed by atoms with Gasteiger partial charge >= 0.3 is 5.97 Å². The van der Waals surface area contributed by atoms with Crippen molar-refractivity contribution in [2.75, 3.05) is 12.9 Å². The fourth-order valence-electron chi connectivity index (χ4n) is 1.55. The molecular weight excluding hydrogens is 232 g/mol. The summed E-state index contributed by atoms with van der Waals surface area (Å²) >= 11 is 1.71. The summed E-state index contributed by atoms with van der Waals surface area (Å²) in [5.41, 5.74) is 2.08. The highest BCUT2D eigenvalue weighted by Crippen LogP contribution is 2.30. The molecule has 2 nitrogen and oxygen atoms in total. The fraction of sp³-hybridized carbons (Fsp3) is 0.500. The zero-order valence-corrected chi connectivity index (χ0v) is 12.0. The molecule has 1 aromatic carbocycles. The largest absolute Gasteiger partial charge is 0.469 e. The van der Waals surface area contributed by atoms with E-state index >= 15 is 0 Å². The monoisotopic (exact) mass is 252 g/mol. The highest BCUT2D eigenvalue weighted by atomic mass is 32.2. The van der Waals surface area contributed by atoms with Crippen LogP contribution in [0.1, 0.15) is 25.0 Å². The molecule has 0 aliphatic rings. The van der Waals surface area contributed by atoms with Crippen LogP contribution in [-0.4, -0.2) is 18.8 Å². The third kappa shape index (κ3) is 3.77. The van der Waals surface area contributed by atoms with Crippen molar-refractivity contribution in [3.8, 4) is 0 Å². The summed E-state index contributed by atoms with van der Waals surface area (Å²) in [7, 11) is 1.44. The number of rotatable bonds is 4. The third-order valence-electron chi connectivity index (χ3n) is 2.66. The predicted molar refractivity (Wildman–Crippen MR) is 72.4 cm³/mol. The van der Waals surface area contributed by atoms with Gasteiger partial charge in [0, 0.05) is 10.6 Å². The third-order valence-corrected chi connectivity index (χ3v) is 4.29. The number of hydrogen-bond donors (Lipinski definition) is 0. The van der Waals surface area contributed by atoms with Gasteiger partial charge in [0.2, 0.25) is 0 Å². The number of esters is 1. The second kappa shape index (κ2) is 5.58. The van der Waals surface area contributed by atoms with Crippen LogP contribution in [0.5, 0.6) is 0 Å². The Balaban J connectivity index is 2.70. The van der Waals surface area contributed by atoms with Crippen LogP contribution < -0.4 is 0 Å². The van der Waals surface area contributed by atoms with E-state index in [0.717, 1.165) is 5.75 Å². The molecule has 0 aliphatic carbocycles. The molecule has 0 unspecified atom stereocenters. The van der Waals surface area contributed by atoms with Crippen LogP contribution in [-0.2, 0) is 9.53 Å². The molecule has 1 aromatic rings. The van der Waals surface area contributed by atoms with Crippen molar-refractivity contribution in [1.82, 2.24) is 0 Å². The van der Waals surface area contributed by atoms with Gasteiger partial charge in [-0.3, -0.25) is 4.79 Å². The second-order valence-electron chi connectivity index (χ2n) is 4.93. The Morgan fingerprint density at radius 2 is 2.00 bits per heavy atom. The number of thioether (sulfide) groups is 1. The van der Waals surface area contributed by atoms with Gasteiger partial charge in [-0.25, -0.2) is 0 Å². The van der Waals surface area contributed by atoms with Gasteiger partial charge in [-0.05, 0) is 39.3 Å². The fourth-order valence-corrected chi connectivity index (χ4v) is 2.64. The van der Waals surface area contributed by atoms with E-state index in [1.807, 2.05) is 13.8 Å². The number of carbonyl (C=O) groups excluding carboxylic acids is 1. The first-order valence-corrected chi connectivity index (χ1v) is 6.64. The average Bonchev–Trinajstić information content (AvgIpc) is 2.26. The molecule has 0 radical (unpaired) electrons. The van der Waals surface area contributed by atoms with Gasteiger partial charge in [0.05, 0.1) is 12.5 Å². The first kappa shape index (κ1) is 14.1. The van der Waals surface area contributed by atoms with Crippen molar-refractivity contribution in [3.63, 3.8) is 0 Å². The number of aryl methyl sites for hydroxylation is 2. The standard InChI is InChI=1S/C14H20O2S/c1-10-6-7-12(11(2)8-10)17-9-14(3,4)13(15)16-5/h6-8H,9H2,1-5H3. The molecule has 0 bridgehead atoms. The van der Waals surface area contributed by atoms with Gasteiger partial charge < -0.3 is 4.74 Å². The number of carbonyl (C=O) groups is 1. The van der Waals surface area contributed by atoms with E-state index < -0.39 is 5.41 Å². The first-order chi connectivity index (χ1) is 7.86. The average molecular weight is 252 g/mol. The molecule has 94 valence electrons. The smallest absolute Gasteiger partial charge is 0.312 e. The minimum Gasteiger partial charge on any atom is -0.469 e. The number of benzene rings is 1. The summed E-state index contributed by atoms with van der Waals surface area (Å²) in [5.74, 6) is 0.568. The highest BCUT2D eigenvalue weighted by molar-refractivity contribution is 7.99. The van der Waals surface area contributed by atoms with E-state index in [1.165, 1.54) is 23.1 Å². The van der Waals surface area contributed by atoms with Gasteiger partial charge in [0.25, 0.3) is 0 Å². The second-order valence-corrected chi connectivity index (χ2v) is 5.95. The summed E-state index contributed by atoms with van der Waals surface area (Å²) in [6.45, 7) is 8.00. The quantitative estimate of drug-likeness (QED) is 0.605. The minimum atomic E-state index is -0.448. The Kier molecular flexibility index (Phi) is 4.63. The van der Waals surface area contributed by atoms with Gasteiger partial charge in [-0.15, -0.1) is 11.8 Å². The van der Waals surface area contributed by atoms with E-state index in [2.05, 4.69) is 32.0 Å². The Morgan fingerprint density at radius 1 is 1.35 bits per heavy atom. The maximum absolute atomic E-state index is 11.6. The molecule has 17 heavy (non-hydrogen) atoms. The van der Waals surface area contributed by atoms with Gasteiger partial charge in [-0.2, -0.15) is 0 Å². The van der Waals surface area contributed by atoms with E-state index in [0.29, 0.717) is 0 Å². The predicted octanol–water partition coefficient (Wildman–Crippen LogP) is 3.59. The van der Waals surface area contributed by atoms with Crippen molar-refractivity contribution in [2.24, 2.45) is 5.41 Å². The molecule has 0 N–H and O–H groups in total. The lowest BCUT2D eigenvalue weighted by Gasteiger charge is -2.21. The summed E-state index contributed by atoms with van der Waals surface area (Å²) in [6.07, 6.45) is 0. The molecule has 1 rings (SSSR count). The van der Waals surface area contributed by atoms with E-state index in [4.69, 9.17) is 4.74 Å². The van der Waals surface area contributed by atoms with Crippen LogP contribution in [0.4, 0.5) is 0 Å². The van der Waals surface area contributed by atoms with E-state index in [1.54, 1.807) is 11.8 Å². The molecule has 0 heterocycles. The van der Waals surface area contributed by atoms with E-state index in [-0.39, 0.29) is 5.97 Å². The molecular formula is C14H20O2S. The lowest BCUT2D eigenvalue weighted by atomic mass is 9.97. The molecule has 0 saturated carbocycles. The van der Waals surface area contributed by atoms with Crippen molar-refractivity contribution >= 4 is 17.7 Å². The number of hydrogen-bond acceptors (Lipinski definition) is 3. The van der Waals surface area contributed by atoms with Crippen LogP contribution in [0, 0.1) is 19.3 Å². The molecule has 0 amide bonds. The van der Waals surface area contributed by atoms with E-state index in [9.17, 15) is 4.79 Å². The van der Waals surface area contributed by atoms with Gasteiger partial charge in [0.15, 0.2) is 0 Å². The SMILES string of the molecule is COC(=O)C(C)(C)CSc1ccc(C)cc1C. The first-order valence-electron chi connectivity index (χ1n) is 5.65. The molecule has 0 spiro atoms. The maximum atomic E-state index is 11.6. The Bertz CT molecular complexity index is 411. The molecule has 0 aromatic heterocycles. The number of methoxy groups -OCH3 is 1. The van der Waals surface area contributed by atoms with Crippen LogP contribution in [0.25, 0.3) is 0 Å². The van der Waals surface area contributed by atoms with Crippen molar-refractivity contribution < 1.29 is 9.53 Å². The zero-order valence-electron chi connectivity index (χ0n) is 11.2. The highest BCUT2D eigenvalue weighted by Gasteiger charge is 2.28. The summed E-state index contributed by atoms with van der Waals surface area (Å²) in [5, 5.41) is 0. The lowest BCUT2D eigenvalue weighted by molar-refractivity contribution is -0.149. The van der Waals surface area contributed by atoms with Crippen LogP contribution in [0.2, 0.25) is 0 Å². The summed E-state index contributed by atoms with van der Waals surface area (Å²) in [4.78, 5) is 12.8. The normalized spacial score (nSPS) is 11.4. The topological polar surface area (TPSA) is 26.3 Å². The zero-order chi connectivity index (χ0) is 13.1. The van der Waals surface area contributed by atoms with Crippen molar-refractivity contribution in [3.05, 3.63) is 29.3 Å². The molecule has 0 fully saturated rings. The maximum Gasteiger partial charge on any atom is 0.312 e. The molecule has 0 atom stereocenters. The summed E-state index contributed by atoms with van der Waals surface area (Å²) < 4.78 is 4.80. The lowest BCUT2D eigenvalue weighted by Crippen LogP contribution is -2.28. The van der Waals surface area contributed by atoms with Gasteiger partial charge in [0.1, 0.15) is 0 Å². The van der Waals surface area contributed by atoms with Crippen molar-refractivity contribution in [2.45, 2.75) is 32.6 Å². The molecule has 0 saturated heterocycles. The van der Waals surface area contributed by atoms with Crippen LogP contribution in [0.3, 0.4) is 0 Å². The molecule has 0 aliphatic heterocycles. The van der Waals surface area contributed by atoms with Crippen LogP contribution in [0.15, 0.2) is 23.1 Å². The number of ether oxygens (including phenoxy) is 1.